The summed E-state index contributed by atoms with van der Waals surface area (Å²) >= 11 is 5.92. The summed E-state index contributed by atoms with van der Waals surface area (Å²) in [6.07, 6.45) is 2.06. The zero-order valence-corrected chi connectivity index (χ0v) is 14.9. The molecule has 1 rings (SSSR count). The van der Waals surface area contributed by atoms with Crippen molar-refractivity contribution < 1.29 is 9.47 Å². The number of benzene rings is 1. The lowest BCUT2D eigenvalue weighted by Gasteiger charge is -2.12. The standard InChI is InChI=1S/C17H28ClN3O2/c1-3-19-17(20-10-5-6-12-22-4-2)21-11-13-23-16-9-7-8-15(18)14-16/h7-9,14H,3-6,10-13H2,1-2H3,(H2,19,20,21). The summed E-state index contributed by atoms with van der Waals surface area (Å²) in [5.74, 6) is 1.59. The molecule has 0 aliphatic carbocycles. The molecule has 0 aromatic heterocycles. The molecular weight excluding hydrogens is 314 g/mol. The van der Waals surface area contributed by atoms with Crippen LogP contribution in [-0.2, 0) is 4.74 Å². The Kier molecular flexibility index (Phi) is 11.1. The van der Waals surface area contributed by atoms with Gasteiger partial charge in [0, 0.05) is 31.3 Å². The lowest BCUT2D eigenvalue weighted by Crippen LogP contribution is -2.39. The first-order chi connectivity index (χ1) is 11.3. The van der Waals surface area contributed by atoms with Crippen LogP contribution in [0.4, 0.5) is 0 Å². The van der Waals surface area contributed by atoms with Gasteiger partial charge in [0.15, 0.2) is 5.96 Å². The van der Waals surface area contributed by atoms with Gasteiger partial charge in [-0.15, -0.1) is 0 Å². The molecule has 0 fully saturated rings. The maximum Gasteiger partial charge on any atom is 0.191 e. The molecule has 1 aromatic carbocycles. The predicted octanol–water partition coefficient (Wildman–Crippen LogP) is 3.09. The van der Waals surface area contributed by atoms with E-state index >= 15 is 0 Å². The van der Waals surface area contributed by atoms with Crippen molar-refractivity contribution in [2.24, 2.45) is 4.99 Å². The number of rotatable bonds is 11. The Balaban J connectivity index is 2.21. The van der Waals surface area contributed by atoms with E-state index in [2.05, 4.69) is 22.5 Å². The average Bonchev–Trinajstić information content (AvgIpc) is 2.54. The fraction of sp³-hybridized carbons (Fsp3) is 0.588. The van der Waals surface area contributed by atoms with Crippen molar-refractivity contribution in [2.75, 3.05) is 39.5 Å². The summed E-state index contributed by atoms with van der Waals surface area (Å²) in [5.41, 5.74) is 0. The normalized spacial score (nSPS) is 11.3. The number of unbranched alkanes of at least 4 members (excludes halogenated alkanes) is 1. The third-order valence-electron chi connectivity index (χ3n) is 2.97. The van der Waals surface area contributed by atoms with Gasteiger partial charge in [0.1, 0.15) is 12.4 Å². The molecule has 0 heterocycles. The molecule has 23 heavy (non-hydrogen) atoms. The van der Waals surface area contributed by atoms with Gasteiger partial charge >= 0.3 is 0 Å². The van der Waals surface area contributed by atoms with Gasteiger partial charge in [0.25, 0.3) is 0 Å². The molecule has 6 heteroatoms. The van der Waals surface area contributed by atoms with Gasteiger partial charge in [0.05, 0.1) is 6.54 Å². The molecule has 0 aliphatic heterocycles. The fourth-order valence-electron chi connectivity index (χ4n) is 1.89. The number of hydrogen-bond acceptors (Lipinski definition) is 3. The summed E-state index contributed by atoms with van der Waals surface area (Å²) in [6, 6.07) is 7.40. The number of nitrogens with one attached hydrogen (secondary N) is 2. The van der Waals surface area contributed by atoms with Crippen molar-refractivity contribution in [1.82, 2.24) is 10.6 Å². The fourth-order valence-corrected chi connectivity index (χ4v) is 2.07. The quantitative estimate of drug-likeness (QED) is 0.369. The van der Waals surface area contributed by atoms with Crippen molar-refractivity contribution in [3.05, 3.63) is 29.3 Å². The topological polar surface area (TPSA) is 54.9 Å². The summed E-state index contributed by atoms with van der Waals surface area (Å²) in [4.78, 5) is 4.53. The zero-order chi connectivity index (χ0) is 16.8. The highest BCUT2D eigenvalue weighted by Crippen LogP contribution is 2.16. The Hall–Kier alpha value is -1.46. The maximum absolute atomic E-state index is 5.92. The molecule has 0 spiro atoms. The lowest BCUT2D eigenvalue weighted by atomic mass is 10.3. The van der Waals surface area contributed by atoms with Crippen LogP contribution >= 0.6 is 11.6 Å². The van der Waals surface area contributed by atoms with Crippen LogP contribution in [0.3, 0.4) is 0 Å². The largest absolute Gasteiger partial charge is 0.492 e. The first-order valence-electron chi connectivity index (χ1n) is 8.24. The number of hydrogen-bond donors (Lipinski definition) is 2. The second kappa shape index (κ2) is 13.0. The van der Waals surface area contributed by atoms with E-state index in [9.17, 15) is 0 Å². The Morgan fingerprint density at radius 1 is 1.17 bits per heavy atom. The molecular formula is C17H28ClN3O2. The molecule has 2 N–H and O–H groups in total. The Morgan fingerprint density at radius 2 is 2.04 bits per heavy atom. The van der Waals surface area contributed by atoms with E-state index < -0.39 is 0 Å². The lowest BCUT2D eigenvalue weighted by molar-refractivity contribution is 0.144. The van der Waals surface area contributed by atoms with Crippen molar-refractivity contribution >= 4 is 17.6 Å². The molecule has 0 bridgehead atoms. The van der Waals surface area contributed by atoms with Gasteiger partial charge in [-0.25, -0.2) is 0 Å². The molecule has 0 saturated carbocycles. The van der Waals surface area contributed by atoms with E-state index in [0.29, 0.717) is 18.2 Å². The SMILES string of the molecule is CCNC(=NCCCCOCC)NCCOc1cccc(Cl)c1. The summed E-state index contributed by atoms with van der Waals surface area (Å²) < 4.78 is 11.0. The molecule has 1 aromatic rings. The number of ether oxygens (including phenoxy) is 2. The van der Waals surface area contributed by atoms with Crippen LogP contribution in [0.5, 0.6) is 5.75 Å². The second-order valence-electron chi connectivity index (χ2n) is 4.90. The Labute approximate surface area is 144 Å². The smallest absolute Gasteiger partial charge is 0.191 e. The van der Waals surface area contributed by atoms with Crippen LogP contribution in [0.25, 0.3) is 0 Å². The maximum atomic E-state index is 5.92. The van der Waals surface area contributed by atoms with E-state index in [4.69, 9.17) is 21.1 Å². The van der Waals surface area contributed by atoms with Crippen LogP contribution < -0.4 is 15.4 Å². The molecule has 0 amide bonds. The van der Waals surface area contributed by atoms with Crippen molar-refractivity contribution in [1.29, 1.82) is 0 Å². The highest BCUT2D eigenvalue weighted by atomic mass is 35.5. The van der Waals surface area contributed by atoms with Gasteiger partial charge in [0.2, 0.25) is 0 Å². The van der Waals surface area contributed by atoms with Gasteiger partial charge < -0.3 is 20.1 Å². The van der Waals surface area contributed by atoms with E-state index in [1.54, 1.807) is 6.07 Å². The molecule has 0 saturated heterocycles. The Morgan fingerprint density at radius 3 is 2.78 bits per heavy atom. The van der Waals surface area contributed by atoms with Crippen LogP contribution in [-0.4, -0.2) is 45.4 Å². The third-order valence-corrected chi connectivity index (χ3v) is 3.21. The molecule has 130 valence electrons. The van der Waals surface area contributed by atoms with Gasteiger partial charge in [-0.1, -0.05) is 17.7 Å². The number of halogens is 1. The van der Waals surface area contributed by atoms with Crippen LogP contribution in [0.2, 0.25) is 5.02 Å². The second-order valence-corrected chi connectivity index (χ2v) is 5.33. The average molecular weight is 342 g/mol. The van der Waals surface area contributed by atoms with Crippen molar-refractivity contribution in [2.45, 2.75) is 26.7 Å². The van der Waals surface area contributed by atoms with Crippen LogP contribution in [0.15, 0.2) is 29.3 Å². The van der Waals surface area contributed by atoms with Crippen molar-refractivity contribution in [3.63, 3.8) is 0 Å². The first kappa shape index (κ1) is 19.6. The molecule has 0 unspecified atom stereocenters. The van der Waals surface area contributed by atoms with E-state index in [1.807, 2.05) is 25.1 Å². The highest BCUT2D eigenvalue weighted by Gasteiger charge is 1.98. The highest BCUT2D eigenvalue weighted by molar-refractivity contribution is 6.30. The zero-order valence-electron chi connectivity index (χ0n) is 14.1. The van der Waals surface area contributed by atoms with Gasteiger partial charge in [-0.05, 0) is 44.9 Å². The van der Waals surface area contributed by atoms with Gasteiger partial charge in [-0.3, -0.25) is 4.99 Å². The predicted molar refractivity (Wildman–Crippen MR) is 96.7 cm³/mol. The minimum absolute atomic E-state index is 0.551. The molecule has 0 aliphatic rings. The molecule has 0 atom stereocenters. The van der Waals surface area contributed by atoms with E-state index in [-0.39, 0.29) is 0 Å². The molecule has 5 nitrogen and oxygen atoms in total. The van der Waals surface area contributed by atoms with E-state index in [0.717, 1.165) is 50.9 Å². The minimum Gasteiger partial charge on any atom is -0.492 e. The first-order valence-corrected chi connectivity index (χ1v) is 8.62. The summed E-state index contributed by atoms with van der Waals surface area (Å²) in [6.45, 7) is 8.50. The number of guanidine groups is 1. The summed E-state index contributed by atoms with van der Waals surface area (Å²) in [5, 5.41) is 7.16. The van der Waals surface area contributed by atoms with Crippen molar-refractivity contribution in [3.8, 4) is 5.75 Å². The van der Waals surface area contributed by atoms with E-state index in [1.165, 1.54) is 0 Å². The van der Waals surface area contributed by atoms with Crippen LogP contribution in [0.1, 0.15) is 26.7 Å². The number of nitrogens with zero attached hydrogens (tertiary/aromatic N) is 1. The third kappa shape index (κ3) is 10.0. The Bertz CT molecular complexity index is 455. The molecule has 0 radical (unpaired) electrons. The minimum atomic E-state index is 0.551. The van der Waals surface area contributed by atoms with Gasteiger partial charge in [-0.2, -0.15) is 0 Å². The number of aliphatic imine (C=N–C) groups is 1. The van der Waals surface area contributed by atoms with Crippen LogP contribution in [0, 0.1) is 0 Å². The summed E-state index contributed by atoms with van der Waals surface area (Å²) in [7, 11) is 0. The monoisotopic (exact) mass is 341 g/mol.